The molecule has 0 fully saturated rings. The molecule has 0 heterocycles. The molecule has 0 radical (unpaired) electrons. The molecule has 0 bridgehead atoms. The summed E-state index contributed by atoms with van der Waals surface area (Å²) in [5.41, 5.74) is 1.12. The minimum atomic E-state index is -0.361. The standard InChI is InChI=1S/C15H18O3/c1-5-15(2,3)12-9-11(7-6-8-16)14(18-4)10-13(12)17/h5-10,17H,1H2,2-4H3/b7-6+. The molecule has 0 unspecified atom stereocenters. The third kappa shape index (κ3) is 2.80. The number of phenolic OH excluding ortho intramolecular Hbond substituents is 1. The van der Waals surface area contributed by atoms with Gasteiger partial charge in [0.1, 0.15) is 17.8 Å². The lowest BCUT2D eigenvalue weighted by Crippen LogP contribution is -2.13. The van der Waals surface area contributed by atoms with Crippen molar-refractivity contribution in [3.63, 3.8) is 0 Å². The summed E-state index contributed by atoms with van der Waals surface area (Å²) < 4.78 is 5.17. The summed E-state index contributed by atoms with van der Waals surface area (Å²) >= 11 is 0. The third-order valence-electron chi connectivity index (χ3n) is 2.91. The first-order chi connectivity index (χ1) is 8.46. The van der Waals surface area contributed by atoms with Crippen LogP contribution in [0, 0.1) is 0 Å². The van der Waals surface area contributed by atoms with Crippen molar-refractivity contribution in [1.29, 1.82) is 0 Å². The Bertz CT molecular complexity index is 485. The van der Waals surface area contributed by atoms with Crippen molar-refractivity contribution in [2.45, 2.75) is 19.3 Å². The normalized spacial score (nSPS) is 11.5. The van der Waals surface area contributed by atoms with Crippen molar-refractivity contribution in [2.24, 2.45) is 0 Å². The van der Waals surface area contributed by atoms with Gasteiger partial charge in [-0.3, -0.25) is 4.79 Å². The number of benzene rings is 1. The van der Waals surface area contributed by atoms with E-state index in [1.807, 2.05) is 13.8 Å². The molecule has 0 atom stereocenters. The van der Waals surface area contributed by atoms with Crippen molar-refractivity contribution in [2.75, 3.05) is 7.11 Å². The lowest BCUT2D eigenvalue weighted by molar-refractivity contribution is -0.104. The third-order valence-corrected chi connectivity index (χ3v) is 2.91. The lowest BCUT2D eigenvalue weighted by Gasteiger charge is -2.23. The van der Waals surface area contributed by atoms with Gasteiger partial charge in [-0.25, -0.2) is 0 Å². The van der Waals surface area contributed by atoms with Crippen LogP contribution in [-0.4, -0.2) is 18.5 Å². The lowest BCUT2D eigenvalue weighted by atomic mass is 9.83. The Morgan fingerprint density at radius 1 is 1.39 bits per heavy atom. The Balaban J connectivity index is 3.43. The number of rotatable bonds is 5. The van der Waals surface area contributed by atoms with Crippen LogP contribution in [0.4, 0.5) is 0 Å². The van der Waals surface area contributed by atoms with Gasteiger partial charge in [-0.15, -0.1) is 6.58 Å². The van der Waals surface area contributed by atoms with E-state index >= 15 is 0 Å². The summed E-state index contributed by atoms with van der Waals surface area (Å²) in [5, 5.41) is 10.0. The number of hydrogen-bond donors (Lipinski definition) is 1. The maximum absolute atomic E-state index is 10.4. The van der Waals surface area contributed by atoms with Crippen molar-refractivity contribution >= 4 is 12.4 Å². The average molecular weight is 246 g/mol. The summed E-state index contributed by atoms with van der Waals surface area (Å²) in [4.78, 5) is 10.4. The van der Waals surface area contributed by atoms with E-state index in [2.05, 4.69) is 6.58 Å². The first-order valence-electron chi connectivity index (χ1n) is 5.63. The van der Waals surface area contributed by atoms with Gasteiger partial charge in [0.15, 0.2) is 0 Å². The van der Waals surface area contributed by atoms with Crippen LogP contribution in [0.25, 0.3) is 6.08 Å². The van der Waals surface area contributed by atoms with Gasteiger partial charge in [0.25, 0.3) is 0 Å². The number of methoxy groups -OCH3 is 1. The molecule has 1 aromatic rings. The number of carbonyl (C=O) groups excluding carboxylic acids is 1. The molecule has 0 aliphatic rings. The molecule has 1 rings (SSSR count). The van der Waals surface area contributed by atoms with Crippen LogP contribution in [-0.2, 0) is 10.2 Å². The first kappa shape index (κ1) is 14.0. The zero-order valence-corrected chi connectivity index (χ0v) is 10.9. The molecule has 0 aliphatic heterocycles. The second-order valence-electron chi connectivity index (χ2n) is 4.53. The van der Waals surface area contributed by atoms with E-state index in [0.717, 1.165) is 11.1 Å². The van der Waals surface area contributed by atoms with Crippen LogP contribution >= 0.6 is 0 Å². The maximum Gasteiger partial charge on any atom is 0.142 e. The molecular formula is C15H18O3. The van der Waals surface area contributed by atoms with Gasteiger partial charge in [-0.2, -0.15) is 0 Å². The quantitative estimate of drug-likeness (QED) is 0.493. The molecule has 3 nitrogen and oxygen atoms in total. The zero-order valence-electron chi connectivity index (χ0n) is 10.9. The summed E-state index contributed by atoms with van der Waals surface area (Å²) in [6.45, 7) is 7.67. The van der Waals surface area contributed by atoms with Gasteiger partial charge in [0.05, 0.1) is 7.11 Å². The van der Waals surface area contributed by atoms with Gasteiger partial charge in [0, 0.05) is 22.6 Å². The number of ether oxygens (including phenoxy) is 1. The van der Waals surface area contributed by atoms with Gasteiger partial charge in [-0.1, -0.05) is 19.9 Å². The average Bonchev–Trinajstić information content (AvgIpc) is 2.36. The topological polar surface area (TPSA) is 46.5 Å². The molecule has 0 aliphatic carbocycles. The van der Waals surface area contributed by atoms with Crippen LogP contribution in [0.1, 0.15) is 25.0 Å². The molecule has 0 saturated carbocycles. The molecule has 3 heteroatoms. The highest BCUT2D eigenvalue weighted by atomic mass is 16.5. The Kier molecular flexibility index (Phi) is 4.32. The number of hydrogen-bond acceptors (Lipinski definition) is 3. The molecule has 0 spiro atoms. The smallest absolute Gasteiger partial charge is 0.142 e. The summed E-state index contributed by atoms with van der Waals surface area (Å²) in [7, 11) is 1.52. The Morgan fingerprint density at radius 3 is 2.56 bits per heavy atom. The molecular weight excluding hydrogens is 228 g/mol. The highest BCUT2D eigenvalue weighted by Gasteiger charge is 2.21. The van der Waals surface area contributed by atoms with Crippen LogP contribution in [0.3, 0.4) is 0 Å². The monoisotopic (exact) mass is 246 g/mol. The molecule has 96 valence electrons. The van der Waals surface area contributed by atoms with E-state index in [4.69, 9.17) is 4.74 Å². The summed E-state index contributed by atoms with van der Waals surface area (Å²) in [6.07, 6.45) is 5.50. The number of aldehydes is 1. The SMILES string of the molecule is C=CC(C)(C)c1cc(/C=C/C=O)c(OC)cc1O. The van der Waals surface area contributed by atoms with Gasteiger partial charge in [-0.05, 0) is 18.2 Å². The zero-order chi connectivity index (χ0) is 13.8. The number of phenols is 1. The fraction of sp³-hybridized carbons (Fsp3) is 0.267. The second-order valence-corrected chi connectivity index (χ2v) is 4.53. The van der Waals surface area contributed by atoms with Crippen molar-refractivity contribution in [3.8, 4) is 11.5 Å². The Morgan fingerprint density at radius 2 is 2.06 bits per heavy atom. The largest absolute Gasteiger partial charge is 0.507 e. The van der Waals surface area contributed by atoms with E-state index in [-0.39, 0.29) is 11.2 Å². The molecule has 1 N–H and O–H groups in total. The molecule has 1 aromatic carbocycles. The maximum atomic E-state index is 10.4. The fourth-order valence-corrected chi connectivity index (χ4v) is 1.66. The highest BCUT2D eigenvalue weighted by molar-refractivity contribution is 5.76. The van der Waals surface area contributed by atoms with E-state index < -0.39 is 0 Å². The van der Waals surface area contributed by atoms with E-state index in [0.29, 0.717) is 12.0 Å². The number of allylic oxidation sites excluding steroid dienone is 2. The van der Waals surface area contributed by atoms with E-state index in [1.165, 1.54) is 13.2 Å². The Labute approximate surface area is 107 Å². The predicted molar refractivity (Wildman–Crippen MR) is 73.0 cm³/mol. The fourth-order valence-electron chi connectivity index (χ4n) is 1.66. The van der Waals surface area contributed by atoms with E-state index in [9.17, 15) is 9.90 Å². The number of carbonyl (C=O) groups is 1. The van der Waals surface area contributed by atoms with Crippen molar-refractivity contribution in [3.05, 3.63) is 42.0 Å². The van der Waals surface area contributed by atoms with Crippen molar-refractivity contribution in [1.82, 2.24) is 0 Å². The van der Waals surface area contributed by atoms with Crippen LogP contribution < -0.4 is 4.74 Å². The van der Waals surface area contributed by atoms with Crippen LogP contribution in [0.2, 0.25) is 0 Å². The molecule has 0 saturated heterocycles. The summed E-state index contributed by atoms with van der Waals surface area (Å²) in [6, 6.07) is 3.35. The summed E-state index contributed by atoms with van der Waals surface area (Å²) in [5.74, 6) is 0.675. The Hall–Kier alpha value is -2.03. The second kappa shape index (κ2) is 5.54. The van der Waals surface area contributed by atoms with Crippen LogP contribution in [0.5, 0.6) is 11.5 Å². The predicted octanol–water partition coefficient (Wildman–Crippen LogP) is 3.08. The van der Waals surface area contributed by atoms with Gasteiger partial charge in [0.2, 0.25) is 0 Å². The van der Waals surface area contributed by atoms with Gasteiger partial charge >= 0.3 is 0 Å². The molecule has 0 amide bonds. The highest BCUT2D eigenvalue weighted by Crippen LogP contribution is 2.37. The van der Waals surface area contributed by atoms with E-state index in [1.54, 1.807) is 24.3 Å². The minimum absolute atomic E-state index is 0.153. The van der Waals surface area contributed by atoms with Crippen LogP contribution in [0.15, 0.2) is 30.9 Å². The minimum Gasteiger partial charge on any atom is -0.507 e. The first-order valence-corrected chi connectivity index (χ1v) is 5.63. The van der Waals surface area contributed by atoms with Gasteiger partial charge < -0.3 is 9.84 Å². The molecule has 0 aromatic heterocycles. The number of aromatic hydroxyl groups is 1. The molecule has 18 heavy (non-hydrogen) atoms. The van der Waals surface area contributed by atoms with Crippen molar-refractivity contribution < 1.29 is 14.6 Å².